The van der Waals surface area contributed by atoms with Crippen LogP contribution in [0.15, 0.2) is 29.3 Å². The van der Waals surface area contributed by atoms with Crippen LogP contribution in [0, 0.1) is 12.3 Å². The van der Waals surface area contributed by atoms with Crippen LogP contribution in [-0.4, -0.2) is 42.0 Å². The number of thioether (sulfide) groups is 1. The number of rotatable bonds is 2. The summed E-state index contributed by atoms with van der Waals surface area (Å²) in [6.45, 7) is 1.07. The number of carbonyl (C=O) groups is 1. The topological polar surface area (TPSA) is 35.9 Å². The lowest BCUT2D eigenvalue weighted by Gasteiger charge is -2.18. The SMILES string of the molecule is C#CCN(C)C(=O)N=C1SCCN1c1ccc(Cl)cc1. The van der Waals surface area contributed by atoms with E-state index >= 15 is 0 Å². The maximum absolute atomic E-state index is 11.9. The minimum absolute atomic E-state index is 0.251. The molecular formula is C14H14ClN3OS. The van der Waals surface area contributed by atoms with E-state index in [2.05, 4.69) is 10.9 Å². The summed E-state index contributed by atoms with van der Waals surface area (Å²) in [5, 5.41) is 1.38. The molecule has 1 aromatic rings. The van der Waals surface area contributed by atoms with Crippen LogP contribution >= 0.6 is 23.4 Å². The van der Waals surface area contributed by atoms with E-state index in [1.54, 1.807) is 18.8 Å². The average molecular weight is 308 g/mol. The van der Waals surface area contributed by atoms with Crippen molar-refractivity contribution in [1.82, 2.24) is 4.90 Å². The van der Waals surface area contributed by atoms with Crippen molar-refractivity contribution >= 4 is 40.2 Å². The molecule has 0 saturated carbocycles. The second-order valence-corrected chi connectivity index (χ2v) is 5.71. The Balaban J connectivity index is 2.17. The van der Waals surface area contributed by atoms with Gasteiger partial charge in [0.1, 0.15) is 0 Å². The van der Waals surface area contributed by atoms with Crippen molar-refractivity contribution in [3.8, 4) is 12.3 Å². The molecule has 0 spiro atoms. The summed E-state index contributed by atoms with van der Waals surface area (Å²) < 4.78 is 0. The third kappa shape index (κ3) is 3.47. The normalized spacial score (nSPS) is 16.2. The summed E-state index contributed by atoms with van der Waals surface area (Å²) in [4.78, 5) is 19.5. The average Bonchev–Trinajstić information content (AvgIpc) is 2.88. The number of amides is 2. The quantitative estimate of drug-likeness (QED) is 0.788. The van der Waals surface area contributed by atoms with Gasteiger partial charge in [0, 0.05) is 30.1 Å². The van der Waals surface area contributed by atoms with Gasteiger partial charge in [0.25, 0.3) is 0 Å². The van der Waals surface area contributed by atoms with E-state index in [9.17, 15) is 4.79 Å². The zero-order valence-electron chi connectivity index (χ0n) is 11.0. The first-order valence-corrected chi connectivity index (χ1v) is 7.41. The van der Waals surface area contributed by atoms with Gasteiger partial charge in [-0.05, 0) is 24.3 Å². The lowest BCUT2D eigenvalue weighted by molar-refractivity contribution is 0.224. The van der Waals surface area contributed by atoms with Crippen LogP contribution in [0.5, 0.6) is 0 Å². The van der Waals surface area contributed by atoms with Gasteiger partial charge in [-0.3, -0.25) is 0 Å². The van der Waals surface area contributed by atoms with E-state index < -0.39 is 0 Å². The summed E-state index contributed by atoms with van der Waals surface area (Å²) in [5.74, 6) is 3.32. The molecule has 0 atom stereocenters. The maximum Gasteiger partial charge on any atom is 0.346 e. The van der Waals surface area contributed by atoms with Crippen LogP contribution in [0.3, 0.4) is 0 Å². The van der Waals surface area contributed by atoms with Gasteiger partial charge in [0.05, 0.1) is 6.54 Å². The van der Waals surface area contributed by atoms with Gasteiger partial charge in [0.15, 0.2) is 5.17 Å². The molecular weight excluding hydrogens is 294 g/mol. The molecule has 4 nitrogen and oxygen atoms in total. The van der Waals surface area contributed by atoms with Crippen molar-refractivity contribution < 1.29 is 4.79 Å². The van der Waals surface area contributed by atoms with Crippen LogP contribution in [0.25, 0.3) is 0 Å². The molecule has 0 aliphatic carbocycles. The molecule has 0 bridgehead atoms. The molecule has 0 unspecified atom stereocenters. The lowest BCUT2D eigenvalue weighted by Crippen LogP contribution is -2.29. The number of anilines is 1. The number of hydrogen-bond donors (Lipinski definition) is 0. The molecule has 6 heteroatoms. The van der Waals surface area contributed by atoms with Gasteiger partial charge in [-0.15, -0.1) is 6.42 Å². The molecule has 1 aromatic carbocycles. The number of nitrogens with zero attached hydrogens (tertiary/aromatic N) is 3. The molecule has 1 aliphatic heterocycles. The highest BCUT2D eigenvalue weighted by Gasteiger charge is 2.22. The van der Waals surface area contributed by atoms with Gasteiger partial charge in [-0.2, -0.15) is 4.99 Å². The van der Waals surface area contributed by atoms with Crippen LogP contribution in [0.1, 0.15) is 0 Å². The van der Waals surface area contributed by atoms with E-state index in [0.29, 0.717) is 10.2 Å². The van der Waals surface area contributed by atoms with Gasteiger partial charge >= 0.3 is 6.03 Å². The predicted octanol–water partition coefficient (Wildman–Crippen LogP) is 2.93. The first-order valence-electron chi connectivity index (χ1n) is 6.05. The number of benzene rings is 1. The smallest absolute Gasteiger partial charge is 0.320 e. The Morgan fingerprint density at radius 2 is 2.25 bits per heavy atom. The summed E-state index contributed by atoms with van der Waals surface area (Å²) in [6, 6.07) is 7.15. The second kappa shape index (κ2) is 6.69. The van der Waals surface area contributed by atoms with E-state index in [0.717, 1.165) is 18.0 Å². The van der Waals surface area contributed by atoms with E-state index in [-0.39, 0.29) is 12.6 Å². The largest absolute Gasteiger partial charge is 0.346 e. The molecule has 1 saturated heterocycles. The first kappa shape index (κ1) is 14.8. The molecule has 1 heterocycles. The number of aliphatic imine (C=N–C) groups is 1. The number of terminal acetylenes is 1. The van der Waals surface area contributed by atoms with Crippen molar-refractivity contribution in [2.75, 3.05) is 30.8 Å². The molecule has 1 aliphatic rings. The predicted molar refractivity (Wildman–Crippen MR) is 85.6 cm³/mol. The van der Waals surface area contributed by atoms with Crippen molar-refractivity contribution in [3.05, 3.63) is 29.3 Å². The molecule has 20 heavy (non-hydrogen) atoms. The highest BCUT2D eigenvalue weighted by atomic mass is 35.5. The fourth-order valence-corrected chi connectivity index (χ4v) is 2.80. The number of halogens is 1. The third-order valence-electron chi connectivity index (χ3n) is 2.76. The summed E-state index contributed by atoms with van der Waals surface area (Å²) in [7, 11) is 1.64. The Hall–Kier alpha value is -1.64. The Bertz CT molecular complexity index is 565. The molecule has 104 valence electrons. The molecule has 2 amide bonds. The fraction of sp³-hybridized carbons (Fsp3) is 0.286. The highest BCUT2D eigenvalue weighted by molar-refractivity contribution is 8.14. The lowest BCUT2D eigenvalue weighted by atomic mass is 10.3. The maximum atomic E-state index is 11.9. The van der Waals surface area contributed by atoms with Crippen molar-refractivity contribution in [1.29, 1.82) is 0 Å². The van der Waals surface area contributed by atoms with Crippen molar-refractivity contribution in [3.63, 3.8) is 0 Å². The van der Waals surface area contributed by atoms with E-state index in [4.69, 9.17) is 18.0 Å². The van der Waals surface area contributed by atoms with Gasteiger partial charge in [-0.25, -0.2) is 4.79 Å². The summed E-state index contributed by atoms with van der Waals surface area (Å²) in [5.41, 5.74) is 0.977. The van der Waals surface area contributed by atoms with Crippen LogP contribution < -0.4 is 4.90 Å². The number of urea groups is 1. The first-order chi connectivity index (χ1) is 9.61. The summed E-state index contributed by atoms with van der Waals surface area (Å²) >= 11 is 7.44. The van der Waals surface area contributed by atoms with Crippen molar-refractivity contribution in [2.24, 2.45) is 4.99 Å². The molecule has 1 fully saturated rings. The Labute approximate surface area is 127 Å². The van der Waals surface area contributed by atoms with E-state index in [1.165, 1.54) is 4.90 Å². The van der Waals surface area contributed by atoms with E-state index in [1.807, 2.05) is 29.2 Å². The van der Waals surface area contributed by atoms with Crippen LogP contribution in [0.2, 0.25) is 5.02 Å². The molecule has 0 N–H and O–H groups in total. The molecule has 0 radical (unpaired) electrons. The Morgan fingerprint density at radius 1 is 1.55 bits per heavy atom. The minimum Gasteiger partial charge on any atom is -0.320 e. The molecule has 2 rings (SSSR count). The third-order valence-corrected chi connectivity index (χ3v) is 3.97. The second-order valence-electron chi connectivity index (χ2n) is 4.21. The Morgan fingerprint density at radius 3 is 2.90 bits per heavy atom. The minimum atomic E-state index is -0.327. The highest BCUT2D eigenvalue weighted by Crippen LogP contribution is 2.26. The Kier molecular flexibility index (Phi) is 4.94. The summed E-state index contributed by atoms with van der Waals surface area (Å²) in [6.07, 6.45) is 5.19. The van der Waals surface area contributed by atoms with Crippen LogP contribution in [-0.2, 0) is 0 Å². The van der Waals surface area contributed by atoms with Gasteiger partial charge in [-0.1, -0.05) is 29.3 Å². The van der Waals surface area contributed by atoms with Gasteiger partial charge < -0.3 is 9.80 Å². The standard InChI is InChI=1S/C14H14ClN3OS/c1-3-8-17(2)13(19)16-14-18(9-10-20-14)12-6-4-11(15)5-7-12/h1,4-7H,8-10H2,2H3. The van der Waals surface area contributed by atoms with Gasteiger partial charge in [0.2, 0.25) is 0 Å². The fourth-order valence-electron chi connectivity index (χ4n) is 1.73. The number of carbonyl (C=O) groups excluding carboxylic acids is 1. The number of hydrogen-bond acceptors (Lipinski definition) is 2. The monoisotopic (exact) mass is 307 g/mol. The zero-order chi connectivity index (χ0) is 14.5. The zero-order valence-corrected chi connectivity index (χ0v) is 12.6. The van der Waals surface area contributed by atoms with Crippen molar-refractivity contribution in [2.45, 2.75) is 0 Å². The van der Waals surface area contributed by atoms with Crippen LogP contribution in [0.4, 0.5) is 10.5 Å². The molecule has 0 aromatic heterocycles. The number of amidine groups is 1.